The maximum Gasteiger partial charge on any atom is 0.322 e. The molecule has 0 unspecified atom stereocenters. The number of halogens is 2. The molecule has 0 aliphatic carbocycles. The monoisotopic (exact) mass is 328 g/mol. The molecule has 0 radical (unpaired) electrons. The number of nitrogens with zero attached hydrogens (tertiary/aromatic N) is 3. The van der Waals surface area contributed by atoms with Gasteiger partial charge in [0.2, 0.25) is 11.2 Å². The third-order valence-electron chi connectivity index (χ3n) is 2.21. The van der Waals surface area contributed by atoms with E-state index >= 15 is 0 Å². The number of methoxy groups -OCH3 is 1. The third kappa shape index (κ3) is 3.08. The lowest BCUT2D eigenvalue weighted by Crippen LogP contribution is -2.02. The average molecular weight is 330 g/mol. The molecule has 0 aliphatic rings. The summed E-state index contributed by atoms with van der Waals surface area (Å²) in [5, 5.41) is 3.15. The fraction of sp³-hybridized carbons (Fsp3) is 0.182. The van der Waals surface area contributed by atoms with Crippen LogP contribution in [0.5, 0.6) is 6.01 Å². The molecule has 5 nitrogen and oxygen atoms in total. The van der Waals surface area contributed by atoms with Crippen LogP contribution in [0.15, 0.2) is 22.7 Å². The van der Waals surface area contributed by atoms with Crippen molar-refractivity contribution in [3.8, 4) is 6.01 Å². The van der Waals surface area contributed by atoms with E-state index in [1.54, 1.807) is 0 Å². The summed E-state index contributed by atoms with van der Waals surface area (Å²) >= 11 is 9.18. The zero-order chi connectivity index (χ0) is 13.1. The molecule has 18 heavy (non-hydrogen) atoms. The molecular weight excluding hydrogens is 320 g/mol. The van der Waals surface area contributed by atoms with E-state index in [4.69, 9.17) is 16.3 Å². The van der Waals surface area contributed by atoms with Crippen LogP contribution in [-0.4, -0.2) is 22.1 Å². The van der Waals surface area contributed by atoms with Crippen LogP contribution in [-0.2, 0) is 0 Å². The number of anilines is 2. The van der Waals surface area contributed by atoms with Gasteiger partial charge in [-0.2, -0.15) is 15.0 Å². The largest absolute Gasteiger partial charge is 0.467 e. The van der Waals surface area contributed by atoms with Gasteiger partial charge in [0.05, 0.1) is 7.11 Å². The SMILES string of the molecule is COc1nc(Cl)nc(Nc2ccc(Br)cc2C)n1. The predicted octanol–water partition coefficient (Wildman–Crippen LogP) is 3.35. The van der Waals surface area contributed by atoms with Crippen molar-refractivity contribution in [2.75, 3.05) is 12.4 Å². The summed E-state index contributed by atoms with van der Waals surface area (Å²) in [4.78, 5) is 11.8. The summed E-state index contributed by atoms with van der Waals surface area (Å²) in [6.07, 6.45) is 0. The maximum absolute atomic E-state index is 5.77. The van der Waals surface area contributed by atoms with Crippen LogP contribution in [0.1, 0.15) is 5.56 Å². The fourth-order valence-corrected chi connectivity index (χ4v) is 1.99. The summed E-state index contributed by atoms with van der Waals surface area (Å²) in [5.74, 6) is 0.345. The first-order chi connectivity index (χ1) is 8.58. The minimum atomic E-state index is 0.0825. The molecule has 0 atom stereocenters. The van der Waals surface area contributed by atoms with Gasteiger partial charge in [0, 0.05) is 10.2 Å². The number of benzene rings is 1. The van der Waals surface area contributed by atoms with Crippen molar-refractivity contribution in [2.24, 2.45) is 0 Å². The first-order valence-corrected chi connectivity index (χ1v) is 6.24. The number of aryl methyl sites for hydroxylation is 1. The van der Waals surface area contributed by atoms with E-state index in [0.29, 0.717) is 5.95 Å². The average Bonchev–Trinajstić information content (AvgIpc) is 2.32. The molecule has 0 fully saturated rings. The highest BCUT2D eigenvalue weighted by atomic mass is 79.9. The maximum atomic E-state index is 5.77. The molecule has 2 aromatic rings. The first-order valence-electron chi connectivity index (χ1n) is 5.07. The number of aromatic nitrogens is 3. The number of ether oxygens (including phenoxy) is 1. The smallest absolute Gasteiger partial charge is 0.322 e. The molecule has 1 aromatic carbocycles. The van der Waals surface area contributed by atoms with Gasteiger partial charge in [0.1, 0.15) is 0 Å². The Morgan fingerprint density at radius 2 is 2.06 bits per heavy atom. The third-order valence-corrected chi connectivity index (χ3v) is 2.87. The standard InChI is InChI=1S/C11H10BrClN4O/c1-6-5-7(12)3-4-8(6)14-10-15-9(13)16-11(17-10)18-2/h3-5H,1-2H3,(H,14,15,16,17). The Hall–Kier alpha value is -1.40. The molecule has 0 spiro atoms. The van der Waals surface area contributed by atoms with Crippen molar-refractivity contribution < 1.29 is 4.74 Å². The Kier molecular flexibility index (Phi) is 3.98. The van der Waals surface area contributed by atoms with Crippen LogP contribution < -0.4 is 10.1 Å². The van der Waals surface area contributed by atoms with Crippen LogP contribution in [0.4, 0.5) is 11.6 Å². The van der Waals surface area contributed by atoms with Gasteiger partial charge >= 0.3 is 6.01 Å². The van der Waals surface area contributed by atoms with E-state index in [9.17, 15) is 0 Å². The predicted molar refractivity (Wildman–Crippen MR) is 73.6 cm³/mol. The highest BCUT2D eigenvalue weighted by Crippen LogP contribution is 2.23. The second-order valence-corrected chi connectivity index (χ2v) is 4.75. The zero-order valence-electron chi connectivity index (χ0n) is 9.74. The van der Waals surface area contributed by atoms with Crippen LogP contribution >= 0.6 is 27.5 Å². The molecular formula is C11H10BrClN4O. The molecule has 7 heteroatoms. The highest BCUT2D eigenvalue weighted by Gasteiger charge is 2.06. The first kappa shape index (κ1) is 13.0. The van der Waals surface area contributed by atoms with Crippen molar-refractivity contribution in [1.29, 1.82) is 0 Å². The van der Waals surface area contributed by atoms with E-state index in [2.05, 4.69) is 36.2 Å². The lowest BCUT2D eigenvalue weighted by Gasteiger charge is -2.09. The quantitative estimate of drug-likeness (QED) is 0.936. The Labute approximate surface area is 118 Å². The van der Waals surface area contributed by atoms with Crippen LogP contribution in [0.25, 0.3) is 0 Å². The van der Waals surface area contributed by atoms with E-state index in [-0.39, 0.29) is 11.3 Å². The van der Waals surface area contributed by atoms with Gasteiger partial charge in [-0.3, -0.25) is 0 Å². The number of hydrogen-bond acceptors (Lipinski definition) is 5. The lowest BCUT2D eigenvalue weighted by molar-refractivity contribution is 0.379. The van der Waals surface area contributed by atoms with E-state index in [1.807, 2.05) is 25.1 Å². The molecule has 0 bridgehead atoms. The minimum absolute atomic E-state index is 0.0825. The van der Waals surface area contributed by atoms with Crippen molar-refractivity contribution in [3.63, 3.8) is 0 Å². The number of nitrogens with one attached hydrogen (secondary N) is 1. The summed E-state index contributed by atoms with van der Waals surface area (Å²) < 4.78 is 5.94. The molecule has 1 aromatic heterocycles. The lowest BCUT2D eigenvalue weighted by atomic mass is 10.2. The fourth-order valence-electron chi connectivity index (χ4n) is 1.37. The van der Waals surface area contributed by atoms with Crippen LogP contribution in [0.2, 0.25) is 5.28 Å². The van der Waals surface area contributed by atoms with E-state index in [1.165, 1.54) is 7.11 Å². The second-order valence-electron chi connectivity index (χ2n) is 3.50. The molecule has 0 aliphatic heterocycles. The topological polar surface area (TPSA) is 59.9 Å². The minimum Gasteiger partial charge on any atom is -0.467 e. The van der Waals surface area contributed by atoms with Crippen molar-refractivity contribution in [2.45, 2.75) is 6.92 Å². The summed E-state index contributed by atoms with van der Waals surface area (Å²) in [6.45, 7) is 1.98. The van der Waals surface area contributed by atoms with Crippen molar-refractivity contribution >= 4 is 39.2 Å². The summed E-state index contributed by atoms with van der Waals surface area (Å²) in [5.41, 5.74) is 1.95. The van der Waals surface area contributed by atoms with E-state index < -0.39 is 0 Å². The van der Waals surface area contributed by atoms with Gasteiger partial charge in [-0.25, -0.2) is 0 Å². The van der Waals surface area contributed by atoms with Gasteiger partial charge in [0.25, 0.3) is 0 Å². The zero-order valence-corrected chi connectivity index (χ0v) is 12.1. The molecule has 1 heterocycles. The van der Waals surface area contributed by atoms with Gasteiger partial charge < -0.3 is 10.1 Å². The van der Waals surface area contributed by atoms with Gasteiger partial charge in [0.15, 0.2) is 0 Å². The van der Waals surface area contributed by atoms with E-state index in [0.717, 1.165) is 15.7 Å². The van der Waals surface area contributed by atoms with Crippen LogP contribution in [0.3, 0.4) is 0 Å². The Bertz CT molecular complexity index is 579. The Morgan fingerprint density at radius 1 is 1.28 bits per heavy atom. The van der Waals surface area contributed by atoms with Crippen molar-refractivity contribution in [1.82, 2.24) is 15.0 Å². The molecule has 0 saturated carbocycles. The summed E-state index contributed by atoms with van der Waals surface area (Å²) in [7, 11) is 1.47. The molecule has 2 rings (SSSR count). The Morgan fingerprint density at radius 3 is 2.72 bits per heavy atom. The van der Waals surface area contributed by atoms with Gasteiger partial charge in [-0.05, 0) is 42.3 Å². The molecule has 0 amide bonds. The number of hydrogen-bond donors (Lipinski definition) is 1. The van der Waals surface area contributed by atoms with Crippen LogP contribution in [0, 0.1) is 6.92 Å². The molecule has 0 saturated heterocycles. The van der Waals surface area contributed by atoms with Gasteiger partial charge in [-0.1, -0.05) is 15.9 Å². The van der Waals surface area contributed by atoms with Crippen molar-refractivity contribution in [3.05, 3.63) is 33.5 Å². The number of rotatable bonds is 3. The summed E-state index contributed by atoms with van der Waals surface area (Å²) in [6, 6.07) is 6.01. The van der Waals surface area contributed by atoms with Gasteiger partial charge in [-0.15, -0.1) is 0 Å². The Balaban J connectivity index is 2.30. The normalized spacial score (nSPS) is 10.2. The highest BCUT2D eigenvalue weighted by molar-refractivity contribution is 9.10. The molecule has 94 valence electrons. The molecule has 1 N–H and O–H groups in total. The second kappa shape index (κ2) is 5.49.